The summed E-state index contributed by atoms with van der Waals surface area (Å²) >= 11 is 5.89. The molecule has 0 radical (unpaired) electrons. The second-order valence-corrected chi connectivity index (χ2v) is 4.54. The number of anilines is 1. The van der Waals surface area contributed by atoms with Crippen LogP contribution in [0, 0.1) is 0 Å². The molecule has 106 valence electrons. The van der Waals surface area contributed by atoms with Gasteiger partial charge in [0.05, 0.1) is 24.9 Å². The van der Waals surface area contributed by atoms with Crippen LogP contribution < -0.4 is 19.9 Å². The number of methoxy groups -OCH3 is 2. The third kappa shape index (κ3) is 3.08. The van der Waals surface area contributed by atoms with Crippen molar-refractivity contribution in [3.8, 4) is 17.2 Å². The Morgan fingerprint density at radius 1 is 1.05 bits per heavy atom. The Labute approximate surface area is 123 Å². The zero-order valence-corrected chi connectivity index (χ0v) is 12.1. The quantitative estimate of drug-likeness (QED) is 0.857. The first-order valence-corrected chi connectivity index (χ1v) is 6.41. The van der Waals surface area contributed by atoms with Gasteiger partial charge >= 0.3 is 0 Å². The van der Waals surface area contributed by atoms with Crippen molar-refractivity contribution in [2.75, 3.05) is 20.0 Å². The van der Waals surface area contributed by atoms with Gasteiger partial charge in [-0.15, -0.1) is 0 Å². The van der Waals surface area contributed by atoms with Crippen LogP contribution in [0.1, 0.15) is 5.56 Å². The third-order valence-electron chi connectivity index (χ3n) is 2.83. The average Bonchev–Trinajstić information content (AvgIpc) is 2.48. The molecule has 0 saturated carbocycles. The Morgan fingerprint density at radius 3 is 2.25 bits per heavy atom. The molecule has 0 aliphatic heterocycles. The van der Waals surface area contributed by atoms with E-state index in [4.69, 9.17) is 31.5 Å². The molecule has 0 atom stereocenters. The number of nitrogen functional groups attached to an aromatic ring is 1. The summed E-state index contributed by atoms with van der Waals surface area (Å²) in [7, 11) is 3.17. The van der Waals surface area contributed by atoms with Crippen LogP contribution in [0.3, 0.4) is 0 Å². The molecule has 2 N–H and O–H groups in total. The average molecular weight is 294 g/mol. The molecule has 0 saturated heterocycles. The van der Waals surface area contributed by atoms with E-state index in [1.54, 1.807) is 26.4 Å². The van der Waals surface area contributed by atoms with Crippen LogP contribution in [0.25, 0.3) is 0 Å². The normalized spacial score (nSPS) is 10.2. The Kier molecular flexibility index (Phi) is 4.58. The molecule has 0 heterocycles. The minimum absolute atomic E-state index is 0.345. The van der Waals surface area contributed by atoms with E-state index in [0.29, 0.717) is 34.6 Å². The van der Waals surface area contributed by atoms with Crippen molar-refractivity contribution in [3.05, 3.63) is 47.0 Å². The fourth-order valence-corrected chi connectivity index (χ4v) is 1.92. The van der Waals surface area contributed by atoms with Gasteiger partial charge < -0.3 is 19.9 Å². The molecule has 2 rings (SSSR count). The van der Waals surface area contributed by atoms with Crippen LogP contribution in [-0.2, 0) is 6.61 Å². The second-order valence-electron chi connectivity index (χ2n) is 4.14. The molecular formula is C15H16ClNO3. The summed E-state index contributed by atoms with van der Waals surface area (Å²) < 4.78 is 16.3. The van der Waals surface area contributed by atoms with Crippen molar-refractivity contribution in [2.24, 2.45) is 0 Å². The van der Waals surface area contributed by atoms with Crippen LogP contribution >= 0.6 is 11.6 Å². The van der Waals surface area contributed by atoms with E-state index in [2.05, 4.69) is 0 Å². The highest BCUT2D eigenvalue weighted by atomic mass is 35.5. The van der Waals surface area contributed by atoms with Crippen LogP contribution in [-0.4, -0.2) is 14.2 Å². The molecule has 2 aromatic rings. The van der Waals surface area contributed by atoms with Crippen molar-refractivity contribution in [1.82, 2.24) is 0 Å². The summed E-state index contributed by atoms with van der Waals surface area (Å²) in [5.74, 6) is 1.79. The SMILES string of the molecule is COc1cccc(OC)c1OCc1ccc(Cl)c(N)c1. The highest BCUT2D eigenvalue weighted by Gasteiger charge is 2.11. The fourth-order valence-electron chi connectivity index (χ4n) is 1.80. The smallest absolute Gasteiger partial charge is 0.203 e. The molecule has 0 spiro atoms. The molecule has 0 aliphatic carbocycles. The number of benzene rings is 2. The summed E-state index contributed by atoms with van der Waals surface area (Å²) in [4.78, 5) is 0. The summed E-state index contributed by atoms with van der Waals surface area (Å²) in [6.45, 7) is 0.345. The van der Waals surface area contributed by atoms with Crippen LogP contribution in [0.2, 0.25) is 5.02 Å². The zero-order chi connectivity index (χ0) is 14.5. The number of halogens is 1. The molecule has 4 nitrogen and oxygen atoms in total. The van der Waals surface area contributed by atoms with Crippen molar-refractivity contribution < 1.29 is 14.2 Å². The van der Waals surface area contributed by atoms with E-state index in [-0.39, 0.29) is 0 Å². The van der Waals surface area contributed by atoms with Crippen LogP contribution in [0.4, 0.5) is 5.69 Å². The standard InChI is InChI=1S/C15H16ClNO3/c1-18-13-4-3-5-14(19-2)15(13)20-9-10-6-7-11(16)12(17)8-10/h3-8H,9,17H2,1-2H3. The first kappa shape index (κ1) is 14.3. The van der Waals surface area contributed by atoms with Gasteiger partial charge in [-0.2, -0.15) is 0 Å². The summed E-state index contributed by atoms with van der Waals surface area (Å²) in [6.07, 6.45) is 0. The number of hydrogen-bond donors (Lipinski definition) is 1. The summed E-state index contributed by atoms with van der Waals surface area (Å²) in [5, 5.41) is 0.531. The molecule has 0 amide bonds. The monoisotopic (exact) mass is 293 g/mol. The van der Waals surface area contributed by atoms with E-state index in [9.17, 15) is 0 Å². The highest BCUT2D eigenvalue weighted by molar-refractivity contribution is 6.33. The van der Waals surface area contributed by atoms with Gasteiger partial charge in [-0.1, -0.05) is 23.7 Å². The molecule has 5 heteroatoms. The Bertz CT molecular complexity index is 579. The van der Waals surface area contributed by atoms with Gasteiger partial charge in [-0.25, -0.2) is 0 Å². The minimum Gasteiger partial charge on any atom is -0.493 e. The van der Waals surface area contributed by atoms with Crippen molar-refractivity contribution in [2.45, 2.75) is 6.61 Å². The van der Waals surface area contributed by atoms with E-state index in [1.165, 1.54) is 0 Å². The first-order valence-electron chi connectivity index (χ1n) is 6.03. The lowest BCUT2D eigenvalue weighted by atomic mass is 10.2. The zero-order valence-electron chi connectivity index (χ0n) is 11.4. The lowest BCUT2D eigenvalue weighted by Gasteiger charge is -2.14. The van der Waals surface area contributed by atoms with Gasteiger partial charge in [0.15, 0.2) is 11.5 Å². The number of hydrogen-bond acceptors (Lipinski definition) is 4. The molecule has 0 fully saturated rings. The van der Waals surface area contributed by atoms with E-state index in [0.717, 1.165) is 5.56 Å². The molecule has 0 aliphatic rings. The van der Waals surface area contributed by atoms with Gasteiger partial charge in [0, 0.05) is 0 Å². The predicted molar refractivity (Wildman–Crippen MR) is 79.7 cm³/mol. The van der Waals surface area contributed by atoms with Gasteiger partial charge in [0.1, 0.15) is 6.61 Å². The van der Waals surface area contributed by atoms with Gasteiger partial charge in [0.2, 0.25) is 5.75 Å². The summed E-state index contributed by atoms with van der Waals surface area (Å²) in [6, 6.07) is 10.9. The van der Waals surface area contributed by atoms with Gasteiger partial charge in [-0.3, -0.25) is 0 Å². The molecule has 20 heavy (non-hydrogen) atoms. The lowest BCUT2D eigenvalue weighted by molar-refractivity contribution is 0.266. The number of ether oxygens (including phenoxy) is 3. The van der Waals surface area contributed by atoms with E-state index < -0.39 is 0 Å². The maximum absolute atomic E-state index is 5.89. The molecule has 0 aromatic heterocycles. The van der Waals surface area contributed by atoms with Crippen LogP contribution in [0.5, 0.6) is 17.2 Å². The largest absolute Gasteiger partial charge is 0.493 e. The Hall–Kier alpha value is -2.07. The van der Waals surface area contributed by atoms with Crippen molar-refractivity contribution >= 4 is 17.3 Å². The predicted octanol–water partition coefficient (Wildman–Crippen LogP) is 3.52. The number of para-hydroxylation sites is 1. The minimum atomic E-state index is 0.345. The lowest BCUT2D eigenvalue weighted by Crippen LogP contribution is -2.00. The van der Waals surface area contributed by atoms with Crippen molar-refractivity contribution in [3.63, 3.8) is 0 Å². The maximum atomic E-state index is 5.89. The Balaban J connectivity index is 2.19. The van der Waals surface area contributed by atoms with Crippen molar-refractivity contribution in [1.29, 1.82) is 0 Å². The fraction of sp³-hybridized carbons (Fsp3) is 0.200. The van der Waals surface area contributed by atoms with Gasteiger partial charge in [0.25, 0.3) is 0 Å². The van der Waals surface area contributed by atoms with Crippen LogP contribution in [0.15, 0.2) is 36.4 Å². The maximum Gasteiger partial charge on any atom is 0.203 e. The number of rotatable bonds is 5. The molecular weight excluding hydrogens is 278 g/mol. The highest BCUT2D eigenvalue weighted by Crippen LogP contribution is 2.37. The van der Waals surface area contributed by atoms with Gasteiger partial charge in [-0.05, 0) is 29.8 Å². The number of nitrogens with two attached hydrogens (primary N) is 1. The summed E-state index contributed by atoms with van der Waals surface area (Å²) in [5.41, 5.74) is 7.21. The first-order chi connectivity index (χ1) is 9.65. The topological polar surface area (TPSA) is 53.7 Å². The second kappa shape index (κ2) is 6.39. The molecule has 2 aromatic carbocycles. The molecule has 0 bridgehead atoms. The third-order valence-corrected chi connectivity index (χ3v) is 3.17. The Morgan fingerprint density at radius 2 is 1.70 bits per heavy atom. The van der Waals surface area contributed by atoms with E-state index >= 15 is 0 Å². The molecule has 0 unspecified atom stereocenters. The van der Waals surface area contributed by atoms with E-state index in [1.807, 2.05) is 24.3 Å².